The molecule has 0 unspecified atom stereocenters. The van der Waals surface area contributed by atoms with Gasteiger partial charge in [-0.1, -0.05) is 48.0 Å². The van der Waals surface area contributed by atoms with Gasteiger partial charge in [0.2, 0.25) is 5.91 Å². The molecule has 1 heterocycles. The molecule has 146 valence electrons. The van der Waals surface area contributed by atoms with Crippen LogP contribution in [0, 0.1) is 13.8 Å². The van der Waals surface area contributed by atoms with Crippen LogP contribution in [0.15, 0.2) is 70.7 Å². The Kier molecular flexibility index (Phi) is 5.41. The molecule has 0 aliphatic rings. The fraction of sp³-hybridized carbons (Fsp3) is 0.167. The Bertz CT molecular complexity index is 1230. The topological polar surface area (TPSA) is 46.4 Å². The van der Waals surface area contributed by atoms with Crippen LogP contribution in [0.2, 0.25) is 0 Å². The van der Waals surface area contributed by atoms with Crippen LogP contribution in [0.1, 0.15) is 16.8 Å². The van der Waals surface area contributed by atoms with Crippen molar-refractivity contribution in [3.8, 4) is 0 Å². The van der Waals surface area contributed by atoms with Gasteiger partial charge in [-0.25, -0.2) is 5.43 Å². The zero-order valence-electron chi connectivity index (χ0n) is 16.8. The van der Waals surface area contributed by atoms with Gasteiger partial charge in [-0.2, -0.15) is 5.10 Å². The molecular formula is C24H23N3OS. The molecule has 29 heavy (non-hydrogen) atoms. The summed E-state index contributed by atoms with van der Waals surface area (Å²) >= 11 is 1.53. The number of thioether (sulfide) groups is 1. The number of amides is 1. The van der Waals surface area contributed by atoms with E-state index in [2.05, 4.69) is 65.3 Å². The van der Waals surface area contributed by atoms with E-state index in [1.165, 1.54) is 22.7 Å². The van der Waals surface area contributed by atoms with Crippen LogP contribution in [0.4, 0.5) is 0 Å². The molecule has 0 atom stereocenters. The number of hydrogen-bond acceptors (Lipinski definition) is 3. The second-order valence-corrected chi connectivity index (χ2v) is 8.16. The minimum atomic E-state index is -0.117. The molecule has 3 aromatic carbocycles. The highest BCUT2D eigenvalue weighted by Gasteiger charge is 2.10. The van der Waals surface area contributed by atoms with Crippen molar-refractivity contribution in [3.05, 3.63) is 77.5 Å². The molecule has 0 aliphatic carbocycles. The fourth-order valence-corrected chi connectivity index (χ4v) is 4.41. The van der Waals surface area contributed by atoms with Crippen LogP contribution in [-0.4, -0.2) is 22.4 Å². The summed E-state index contributed by atoms with van der Waals surface area (Å²) in [7, 11) is 2.05. The van der Waals surface area contributed by atoms with Gasteiger partial charge in [0.15, 0.2) is 0 Å². The third-order valence-corrected chi connectivity index (χ3v) is 6.26. The molecule has 4 rings (SSSR count). The first kappa shape index (κ1) is 19.3. The van der Waals surface area contributed by atoms with Crippen molar-refractivity contribution in [1.29, 1.82) is 0 Å². The average molecular weight is 402 g/mol. The largest absolute Gasteiger partial charge is 0.347 e. The van der Waals surface area contributed by atoms with Gasteiger partial charge >= 0.3 is 0 Å². The van der Waals surface area contributed by atoms with Crippen LogP contribution in [0.25, 0.3) is 21.7 Å². The van der Waals surface area contributed by atoms with Crippen molar-refractivity contribution in [2.75, 3.05) is 5.75 Å². The van der Waals surface area contributed by atoms with E-state index in [1.807, 2.05) is 31.3 Å². The maximum absolute atomic E-state index is 12.3. The molecule has 0 saturated heterocycles. The van der Waals surface area contributed by atoms with Crippen molar-refractivity contribution in [1.82, 2.24) is 9.99 Å². The summed E-state index contributed by atoms with van der Waals surface area (Å²) in [6.45, 7) is 4.14. The van der Waals surface area contributed by atoms with Crippen LogP contribution in [-0.2, 0) is 11.8 Å². The Balaban J connectivity index is 1.45. The zero-order valence-corrected chi connectivity index (χ0v) is 17.6. The molecule has 1 amide bonds. The van der Waals surface area contributed by atoms with Crippen LogP contribution >= 0.6 is 11.8 Å². The van der Waals surface area contributed by atoms with Crippen LogP contribution < -0.4 is 5.43 Å². The van der Waals surface area contributed by atoms with Gasteiger partial charge < -0.3 is 4.57 Å². The number of fused-ring (bicyclic) bond motifs is 2. The lowest BCUT2D eigenvalue weighted by atomic mass is 10.1. The Hall–Kier alpha value is -3.05. The molecule has 0 bridgehead atoms. The number of aryl methyl sites for hydroxylation is 2. The molecule has 0 spiro atoms. The summed E-state index contributed by atoms with van der Waals surface area (Å²) in [5.41, 5.74) is 7.18. The molecule has 1 N–H and O–H groups in total. The van der Waals surface area contributed by atoms with Crippen molar-refractivity contribution in [2.45, 2.75) is 18.7 Å². The molecule has 4 nitrogen and oxygen atoms in total. The predicted octanol–water partition coefficient (Wildman–Crippen LogP) is 5.19. The lowest BCUT2D eigenvalue weighted by molar-refractivity contribution is -0.118. The number of hydrogen-bond donors (Lipinski definition) is 1. The molecule has 0 aliphatic heterocycles. The average Bonchev–Trinajstić information content (AvgIpc) is 2.96. The smallest absolute Gasteiger partial charge is 0.250 e. The lowest BCUT2D eigenvalue weighted by Crippen LogP contribution is -2.19. The molecule has 0 fully saturated rings. The number of hydrazone groups is 1. The van der Waals surface area contributed by atoms with Crippen LogP contribution in [0.3, 0.4) is 0 Å². The van der Waals surface area contributed by atoms with E-state index in [1.54, 1.807) is 6.21 Å². The van der Waals surface area contributed by atoms with Crippen molar-refractivity contribution in [2.24, 2.45) is 12.1 Å². The van der Waals surface area contributed by atoms with Gasteiger partial charge in [-0.05, 0) is 42.8 Å². The van der Waals surface area contributed by atoms with Gasteiger partial charge in [0.1, 0.15) is 0 Å². The van der Waals surface area contributed by atoms with Gasteiger partial charge in [-0.15, -0.1) is 11.8 Å². The summed E-state index contributed by atoms with van der Waals surface area (Å²) < 4.78 is 2.15. The molecule has 4 aromatic rings. The standard InChI is InChI=1S/C24H23N3OS/c1-16-11-12-22-20(13-16)21(17(2)27(22)3)14-25-26-24(28)15-29-23-10-6-8-18-7-4-5-9-19(18)23/h4-14H,15H2,1-3H3,(H,26,28)/b25-14-. The van der Waals surface area contributed by atoms with E-state index >= 15 is 0 Å². The SMILES string of the molecule is Cc1ccc2c(c1)c(/C=N\NC(=O)CSc1cccc3ccccc13)c(C)n2C. The van der Waals surface area contributed by atoms with Gasteiger partial charge in [0.25, 0.3) is 0 Å². The van der Waals surface area contributed by atoms with E-state index in [0.29, 0.717) is 5.75 Å². The minimum absolute atomic E-state index is 0.117. The van der Waals surface area contributed by atoms with E-state index < -0.39 is 0 Å². The number of nitrogens with one attached hydrogen (secondary N) is 1. The summed E-state index contributed by atoms with van der Waals surface area (Å²) in [5, 5.41) is 7.71. The maximum Gasteiger partial charge on any atom is 0.250 e. The van der Waals surface area contributed by atoms with Gasteiger partial charge in [0.05, 0.1) is 12.0 Å². The second-order valence-electron chi connectivity index (χ2n) is 7.14. The highest BCUT2D eigenvalue weighted by molar-refractivity contribution is 8.00. The van der Waals surface area contributed by atoms with Gasteiger partial charge in [-0.3, -0.25) is 4.79 Å². The lowest BCUT2D eigenvalue weighted by Gasteiger charge is -2.05. The number of rotatable bonds is 5. The third-order valence-electron chi connectivity index (χ3n) is 5.19. The zero-order chi connectivity index (χ0) is 20.4. The summed E-state index contributed by atoms with van der Waals surface area (Å²) in [4.78, 5) is 13.4. The summed E-state index contributed by atoms with van der Waals surface area (Å²) in [6.07, 6.45) is 1.75. The molecule has 1 aromatic heterocycles. The normalized spacial score (nSPS) is 11.6. The third kappa shape index (κ3) is 3.91. The Morgan fingerprint density at radius 1 is 1.07 bits per heavy atom. The number of carbonyl (C=O) groups excluding carboxylic acids is 1. The quantitative estimate of drug-likeness (QED) is 0.284. The molecule has 0 radical (unpaired) electrons. The van der Waals surface area contributed by atoms with Crippen LogP contribution in [0.5, 0.6) is 0 Å². The van der Waals surface area contributed by atoms with E-state index in [4.69, 9.17) is 0 Å². The highest BCUT2D eigenvalue weighted by Crippen LogP contribution is 2.27. The number of aromatic nitrogens is 1. The summed E-state index contributed by atoms with van der Waals surface area (Å²) in [6, 6.07) is 20.7. The molecular weight excluding hydrogens is 378 g/mol. The number of carbonyl (C=O) groups is 1. The Morgan fingerprint density at radius 2 is 1.86 bits per heavy atom. The molecule has 5 heteroatoms. The fourth-order valence-electron chi connectivity index (χ4n) is 3.54. The van der Waals surface area contributed by atoms with Crippen molar-refractivity contribution < 1.29 is 4.79 Å². The van der Waals surface area contributed by atoms with E-state index in [0.717, 1.165) is 32.4 Å². The van der Waals surface area contributed by atoms with E-state index in [9.17, 15) is 4.79 Å². The first-order valence-corrected chi connectivity index (χ1v) is 10.5. The van der Waals surface area contributed by atoms with Crippen molar-refractivity contribution in [3.63, 3.8) is 0 Å². The number of nitrogens with zero attached hydrogens (tertiary/aromatic N) is 2. The Morgan fingerprint density at radius 3 is 2.72 bits per heavy atom. The predicted molar refractivity (Wildman–Crippen MR) is 123 cm³/mol. The van der Waals surface area contributed by atoms with Gasteiger partial charge in [0, 0.05) is 34.1 Å². The molecule has 0 saturated carbocycles. The van der Waals surface area contributed by atoms with Crippen molar-refractivity contribution >= 4 is 45.6 Å². The monoisotopic (exact) mass is 401 g/mol. The summed E-state index contributed by atoms with van der Waals surface area (Å²) in [5.74, 6) is 0.201. The first-order chi connectivity index (χ1) is 14.0. The number of benzene rings is 3. The Labute approximate surface area is 174 Å². The highest BCUT2D eigenvalue weighted by atomic mass is 32.2. The maximum atomic E-state index is 12.3. The minimum Gasteiger partial charge on any atom is -0.347 e. The van der Waals surface area contributed by atoms with E-state index in [-0.39, 0.29) is 5.91 Å². The first-order valence-electron chi connectivity index (χ1n) is 9.52. The second kappa shape index (κ2) is 8.13.